The molecule has 1 heterocycles. The van der Waals surface area contributed by atoms with Crippen molar-refractivity contribution in [3.05, 3.63) is 60.7 Å². The first-order valence-corrected chi connectivity index (χ1v) is 14.1. The van der Waals surface area contributed by atoms with Crippen LogP contribution in [0.4, 0.5) is 0 Å². The van der Waals surface area contributed by atoms with Gasteiger partial charge in [-0.05, 0) is 37.1 Å². The van der Waals surface area contributed by atoms with Gasteiger partial charge in [0, 0.05) is 25.7 Å². The number of sulfonamides is 2. The molecule has 0 bridgehead atoms. The summed E-state index contributed by atoms with van der Waals surface area (Å²) in [4.78, 5) is 13.5. The summed E-state index contributed by atoms with van der Waals surface area (Å²) in [5, 5.41) is 2.99. The van der Waals surface area contributed by atoms with E-state index in [1.165, 1.54) is 28.6 Å². The van der Waals surface area contributed by atoms with Gasteiger partial charge in [0.15, 0.2) is 0 Å². The van der Waals surface area contributed by atoms with Crippen molar-refractivity contribution in [2.45, 2.75) is 54.0 Å². The third-order valence-electron chi connectivity index (χ3n) is 6.28. The minimum atomic E-state index is -3.98. The number of amides is 1. The summed E-state index contributed by atoms with van der Waals surface area (Å²) in [6.45, 7) is -0.371. The Morgan fingerprint density at radius 1 is 0.758 bits per heavy atom. The number of hydrogen-bond acceptors (Lipinski definition) is 5. The lowest BCUT2D eigenvalue weighted by Gasteiger charge is -2.39. The molecule has 1 aliphatic carbocycles. The molecule has 0 radical (unpaired) electrons. The van der Waals surface area contributed by atoms with Gasteiger partial charge in [-0.15, -0.1) is 0 Å². The van der Waals surface area contributed by atoms with Crippen LogP contribution in [0.5, 0.6) is 0 Å². The molecule has 2 aliphatic rings. The molecule has 2 fully saturated rings. The average Bonchev–Trinajstić information content (AvgIpc) is 2.85. The van der Waals surface area contributed by atoms with Crippen LogP contribution in [0.1, 0.15) is 32.1 Å². The van der Waals surface area contributed by atoms with Crippen LogP contribution in [-0.4, -0.2) is 63.1 Å². The topological polar surface area (TPSA) is 104 Å². The van der Waals surface area contributed by atoms with E-state index in [9.17, 15) is 21.6 Å². The van der Waals surface area contributed by atoms with Gasteiger partial charge in [0.1, 0.15) is 6.04 Å². The van der Waals surface area contributed by atoms with E-state index in [1.807, 2.05) is 0 Å². The molecule has 1 saturated heterocycles. The van der Waals surface area contributed by atoms with Gasteiger partial charge in [-0.2, -0.15) is 8.61 Å². The first kappa shape index (κ1) is 23.9. The average molecular weight is 492 g/mol. The SMILES string of the molecule is O=C(NC1CCCCC1)[C@@H]1CN(S(=O)(=O)c2ccccc2)CCN1S(=O)(=O)c1ccccc1. The highest BCUT2D eigenvalue weighted by Gasteiger charge is 2.43. The fourth-order valence-electron chi connectivity index (χ4n) is 4.47. The van der Waals surface area contributed by atoms with Crippen LogP contribution < -0.4 is 5.32 Å². The Hall–Kier alpha value is -2.27. The van der Waals surface area contributed by atoms with E-state index in [1.54, 1.807) is 36.4 Å². The zero-order valence-corrected chi connectivity index (χ0v) is 20.0. The van der Waals surface area contributed by atoms with Gasteiger partial charge in [-0.1, -0.05) is 55.7 Å². The van der Waals surface area contributed by atoms with E-state index < -0.39 is 32.0 Å². The zero-order chi connectivity index (χ0) is 23.5. The summed E-state index contributed by atoms with van der Waals surface area (Å²) in [6.07, 6.45) is 4.82. The fraction of sp³-hybridized carbons (Fsp3) is 0.435. The standard InChI is InChI=1S/C23H29N3O5S2/c27-23(24-19-10-4-1-5-11-19)22-18-25(32(28,29)20-12-6-2-7-13-20)16-17-26(22)33(30,31)21-14-8-3-9-15-21/h2-3,6-9,12-15,19,22H,1,4-5,10-11,16-18H2,(H,24,27)/t22-/m0/s1. The molecule has 0 spiro atoms. The van der Waals surface area contributed by atoms with Gasteiger partial charge >= 0.3 is 0 Å². The van der Waals surface area contributed by atoms with E-state index in [-0.39, 0.29) is 35.5 Å². The van der Waals surface area contributed by atoms with Gasteiger partial charge < -0.3 is 5.32 Å². The monoisotopic (exact) mass is 491 g/mol. The molecule has 1 saturated carbocycles. The van der Waals surface area contributed by atoms with Gasteiger partial charge in [-0.3, -0.25) is 4.79 Å². The number of benzene rings is 2. The quantitative estimate of drug-likeness (QED) is 0.667. The molecule has 1 amide bonds. The molecule has 1 aliphatic heterocycles. The van der Waals surface area contributed by atoms with Crippen molar-refractivity contribution < 1.29 is 21.6 Å². The first-order chi connectivity index (χ1) is 15.8. The maximum atomic E-state index is 13.4. The Morgan fingerprint density at radius 2 is 1.30 bits per heavy atom. The van der Waals surface area contributed by atoms with Gasteiger partial charge in [0.2, 0.25) is 26.0 Å². The fourth-order valence-corrected chi connectivity index (χ4v) is 7.52. The molecule has 178 valence electrons. The van der Waals surface area contributed by atoms with Crippen LogP contribution in [0.25, 0.3) is 0 Å². The molecular weight excluding hydrogens is 462 g/mol. The first-order valence-electron chi connectivity index (χ1n) is 11.2. The van der Waals surface area contributed by atoms with Crippen LogP contribution in [0.15, 0.2) is 70.5 Å². The molecule has 4 rings (SSSR count). The maximum Gasteiger partial charge on any atom is 0.243 e. The van der Waals surface area contributed by atoms with Crippen molar-refractivity contribution in [3.63, 3.8) is 0 Å². The second-order valence-electron chi connectivity index (χ2n) is 8.46. The van der Waals surface area contributed by atoms with Gasteiger partial charge in [0.05, 0.1) is 9.79 Å². The van der Waals surface area contributed by atoms with Crippen molar-refractivity contribution in [1.82, 2.24) is 13.9 Å². The number of carbonyl (C=O) groups excluding carboxylic acids is 1. The minimum absolute atomic E-state index is 0.0198. The summed E-state index contributed by atoms with van der Waals surface area (Å²) in [7, 11) is -7.84. The second kappa shape index (κ2) is 9.92. The lowest BCUT2D eigenvalue weighted by atomic mass is 9.95. The number of piperazine rings is 1. The Kier molecular flexibility index (Phi) is 7.18. The molecule has 2 aromatic carbocycles. The Bertz CT molecular complexity index is 1170. The predicted octanol–water partition coefficient (Wildman–Crippen LogP) is 2.20. The molecule has 2 aromatic rings. The van der Waals surface area contributed by atoms with Gasteiger partial charge in [0.25, 0.3) is 0 Å². The molecular formula is C23H29N3O5S2. The number of hydrogen-bond donors (Lipinski definition) is 1. The largest absolute Gasteiger partial charge is 0.352 e. The van der Waals surface area contributed by atoms with E-state index in [4.69, 9.17) is 0 Å². The number of rotatable bonds is 6. The molecule has 0 unspecified atom stereocenters. The molecule has 1 N–H and O–H groups in total. The minimum Gasteiger partial charge on any atom is -0.352 e. The van der Waals surface area contributed by atoms with Crippen molar-refractivity contribution in [2.75, 3.05) is 19.6 Å². The van der Waals surface area contributed by atoms with E-state index >= 15 is 0 Å². The van der Waals surface area contributed by atoms with E-state index in [0.29, 0.717) is 0 Å². The molecule has 10 heteroatoms. The summed E-state index contributed by atoms with van der Waals surface area (Å²) >= 11 is 0. The van der Waals surface area contributed by atoms with Gasteiger partial charge in [-0.25, -0.2) is 16.8 Å². The number of carbonyl (C=O) groups is 1. The third-order valence-corrected chi connectivity index (χ3v) is 10.1. The summed E-state index contributed by atoms with van der Waals surface area (Å²) in [5.41, 5.74) is 0. The van der Waals surface area contributed by atoms with Crippen molar-refractivity contribution in [2.24, 2.45) is 0 Å². The van der Waals surface area contributed by atoms with E-state index in [2.05, 4.69) is 5.32 Å². The predicted molar refractivity (Wildman–Crippen MR) is 124 cm³/mol. The lowest BCUT2D eigenvalue weighted by Crippen LogP contribution is -2.62. The normalized spacial score (nSPS) is 21.5. The van der Waals surface area contributed by atoms with Crippen molar-refractivity contribution >= 4 is 26.0 Å². The third kappa shape index (κ3) is 5.13. The zero-order valence-electron chi connectivity index (χ0n) is 18.3. The summed E-state index contributed by atoms with van der Waals surface area (Å²) in [6, 6.07) is 14.8. The Balaban J connectivity index is 1.64. The van der Waals surface area contributed by atoms with Crippen LogP contribution >= 0.6 is 0 Å². The molecule has 8 nitrogen and oxygen atoms in total. The smallest absolute Gasteiger partial charge is 0.243 e. The van der Waals surface area contributed by atoms with Crippen LogP contribution in [-0.2, 0) is 24.8 Å². The lowest BCUT2D eigenvalue weighted by molar-refractivity contribution is -0.126. The maximum absolute atomic E-state index is 13.4. The number of nitrogens with one attached hydrogen (secondary N) is 1. The van der Waals surface area contributed by atoms with Crippen molar-refractivity contribution in [3.8, 4) is 0 Å². The highest BCUT2D eigenvalue weighted by Crippen LogP contribution is 2.26. The molecule has 33 heavy (non-hydrogen) atoms. The highest BCUT2D eigenvalue weighted by atomic mass is 32.2. The van der Waals surface area contributed by atoms with Crippen molar-refractivity contribution in [1.29, 1.82) is 0 Å². The molecule has 1 atom stereocenters. The van der Waals surface area contributed by atoms with Crippen LogP contribution in [0.3, 0.4) is 0 Å². The number of nitrogens with zero attached hydrogens (tertiary/aromatic N) is 2. The second-order valence-corrected chi connectivity index (χ2v) is 12.3. The summed E-state index contributed by atoms with van der Waals surface area (Å²) < 4.78 is 55.6. The Morgan fingerprint density at radius 3 is 1.88 bits per heavy atom. The molecule has 0 aromatic heterocycles. The van der Waals surface area contributed by atoms with Crippen LogP contribution in [0.2, 0.25) is 0 Å². The highest BCUT2D eigenvalue weighted by molar-refractivity contribution is 7.89. The van der Waals surface area contributed by atoms with E-state index in [0.717, 1.165) is 36.4 Å². The summed E-state index contributed by atoms with van der Waals surface area (Å²) in [5.74, 6) is -0.450. The Labute approximate surface area is 195 Å². The van der Waals surface area contributed by atoms with Crippen LogP contribution in [0, 0.1) is 0 Å².